The molecule has 38 heavy (non-hydrogen) atoms. The molecule has 1 aliphatic rings. The molecule has 218 valence electrons. The van der Waals surface area contributed by atoms with E-state index in [0.717, 1.165) is 36.8 Å². The predicted octanol–water partition coefficient (Wildman–Crippen LogP) is 5.88. The largest absolute Gasteiger partial charge is 0.493 e. The number of aromatic hydroxyl groups is 2. The van der Waals surface area contributed by atoms with Gasteiger partial charge in [-0.1, -0.05) is 85.5 Å². The molecular weight excluding hydrogens is 480 g/mol. The van der Waals surface area contributed by atoms with Crippen LogP contribution in [-0.4, -0.2) is 43.8 Å². The molecule has 0 saturated carbocycles. The van der Waals surface area contributed by atoms with E-state index in [2.05, 4.69) is 57.6 Å². The molecule has 1 saturated heterocycles. The Balaban J connectivity index is 1.86. The molecule has 2 rings (SSSR count). The molecule has 4 atom stereocenters. The van der Waals surface area contributed by atoms with Crippen LogP contribution in [0.5, 0.6) is 11.8 Å². The van der Waals surface area contributed by atoms with Crippen LogP contribution >= 0.6 is 0 Å². The minimum Gasteiger partial charge on any atom is -0.493 e. The lowest BCUT2D eigenvalue weighted by molar-refractivity contribution is -0.138. The van der Waals surface area contributed by atoms with Crippen LogP contribution in [0.1, 0.15) is 131 Å². The number of carbonyl (C=O) groups excluding carboxylic acids is 2. The number of carbonyl (C=O) groups is 2. The van der Waals surface area contributed by atoms with Crippen LogP contribution in [0.3, 0.4) is 0 Å². The molecule has 2 heterocycles. The van der Waals surface area contributed by atoms with E-state index in [-0.39, 0.29) is 34.8 Å². The number of aryl methyl sites for hydroxylation is 1. The van der Waals surface area contributed by atoms with Crippen LogP contribution in [0.15, 0.2) is 6.07 Å². The van der Waals surface area contributed by atoms with Gasteiger partial charge in [-0.25, -0.2) is 5.43 Å². The van der Waals surface area contributed by atoms with Crippen molar-refractivity contribution in [1.82, 2.24) is 15.3 Å². The van der Waals surface area contributed by atoms with Crippen molar-refractivity contribution < 1.29 is 19.8 Å². The number of piperidine rings is 1. The lowest BCUT2D eigenvalue weighted by Crippen LogP contribution is -2.69. The Morgan fingerprint density at radius 3 is 2.08 bits per heavy atom. The van der Waals surface area contributed by atoms with E-state index in [1.165, 1.54) is 51.0 Å². The summed E-state index contributed by atoms with van der Waals surface area (Å²) in [6.45, 7) is 12.9. The Kier molecular flexibility index (Phi) is 12.5. The number of aromatic nitrogens is 1. The summed E-state index contributed by atoms with van der Waals surface area (Å²) in [6, 6.07) is 1.28. The van der Waals surface area contributed by atoms with Crippen molar-refractivity contribution in [3.8, 4) is 11.8 Å². The number of hydrogen-bond donors (Lipinski definition) is 5. The maximum absolute atomic E-state index is 12.8. The van der Waals surface area contributed by atoms with Gasteiger partial charge in [-0.3, -0.25) is 9.59 Å². The SMILES string of the molecule is CCCCCCCCCCCCc1cc(O)n(NC(=O)C(=O)NC2CC(C)(CC)NC(C)(CC)C2C)c1O. The molecule has 0 bridgehead atoms. The number of unbranched alkanes of at least 4 members (excludes halogenated alkanes) is 9. The molecule has 2 amide bonds. The molecule has 1 aliphatic heterocycles. The Morgan fingerprint density at radius 2 is 1.53 bits per heavy atom. The van der Waals surface area contributed by atoms with E-state index < -0.39 is 11.8 Å². The maximum atomic E-state index is 12.8. The first kappa shape index (κ1) is 32.0. The summed E-state index contributed by atoms with van der Waals surface area (Å²) in [7, 11) is 0. The standard InChI is InChI=1S/C30H54N4O4/c1-7-10-11-12-13-14-15-16-17-18-19-23-20-25(35)34(28(23)38)32-27(37)26(36)31-24-21-29(5,8-2)33-30(6,9-3)22(24)4/h20,22,24,33,35,38H,7-19,21H2,1-6H3,(H,31,36)(H,32,37). The zero-order chi connectivity index (χ0) is 28.3. The van der Waals surface area contributed by atoms with Gasteiger partial charge in [0.1, 0.15) is 0 Å². The fourth-order valence-electron chi connectivity index (χ4n) is 5.80. The molecule has 0 aromatic carbocycles. The first-order chi connectivity index (χ1) is 18.0. The Labute approximate surface area is 230 Å². The average Bonchev–Trinajstić information content (AvgIpc) is 3.15. The summed E-state index contributed by atoms with van der Waals surface area (Å²) in [4.78, 5) is 25.6. The summed E-state index contributed by atoms with van der Waals surface area (Å²) in [6.07, 6.45) is 15.3. The highest BCUT2D eigenvalue weighted by Crippen LogP contribution is 2.37. The Hall–Kier alpha value is -2.22. The van der Waals surface area contributed by atoms with E-state index in [0.29, 0.717) is 18.4 Å². The highest BCUT2D eigenvalue weighted by atomic mass is 16.3. The van der Waals surface area contributed by atoms with Crippen LogP contribution < -0.4 is 16.1 Å². The normalized spacial score (nSPS) is 25.3. The van der Waals surface area contributed by atoms with Crippen LogP contribution in [0.25, 0.3) is 0 Å². The number of amides is 2. The Morgan fingerprint density at radius 1 is 0.947 bits per heavy atom. The molecule has 1 fully saturated rings. The first-order valence-corrected chi connectivity index (χ1v) is 15.0. The summed E-state index contributed by atoms with van der Waals surface area (Å²) in [5, 5.41) is 27.6. The van der Waals surface area contributed by atoms with Crippen molar-refractivity contribution in [3.63, 3.8) is 0 Å². The van der Waals surface area contributed by atoms with Gasteiger partial charge in [0, 0.05) is 28.7 Å². The third-order valence-corrected chi connectivity index (χ3v) is 8.95. The minimum absolute atomic E-state index is 0.116. The molecule has 0 radical (unpaired) electrons. The van der Waals surface area contributed by atoms with Crippen molar-refractivity contribution >= 4 is 11.8 Å². The van der Waals surface area contributed by atoms with Crippen LogP contribution in [0.2, 0.25) is 0 Å². The third kappa shape index (κ3) is 8.65. The van der Waals surface area contributed by atoms with Gasteiger partial charge in [-0.05, 0) is 51.9 Å². The topological polar surface area (TPSA) is 116 Å². The lowest BCUT2D eigenvalue weighted by Gasteiger charge is -2.53. The molecule has 8 heteroatoms. The second kappa shape index (κ2) is 14.8. The van der Waals surface area contributed by atoms with Gasteiger partial charge in [0.25, 0.3) is 0 Å². The van der Waals surface area contributed by atoms with Gasteiger partial charge in [0.15, 0.2) is 0 Å². The van der Waals surface area contributed by atoms with Crippen molar-refractivity contribution in [2.24, 2.45) is 5.92 Å². The molecule has 1 aromatic rings. The van der Waals surface area contributed by atoms with Crippen LogP contribution in [0.4, 0.5) is 0 Å². The number of nitrogens with one attached hydrogen (secondary N) is 3. The second-order valence-electron chi connectivity index (χ2n) is 11.9. The zero-order valence-electron chi connectivity index (χ0n) is 24.8. The fourth-order valence-corrected chi connectivity index (χ4v) is 5.80. The monoisotopic (exact) mass is 534 g/mol. The molecule has 0 aliphatic carbocycles. The molecule has 5 N–H and O–H groups in total. The first-order valence-electron chi connectivity index (χ1n) is 15.0. The van der Waals surface area contributed by atoms with Crippen molar-refractivity contribution in [3.05, 3.63) is 11.6 Å². The van der Waals surface area contributed by atoms with Gasteiger partial charge in [0.05, 0.1) is 0 Å². The quantitative estimate of drug-likeness (QED) is 0.142. The van der Waals surface area contributed by atoms with E-state index in [1.807, 2.05) is 0 Å². The number of nitrogens with zero attached hydrogens (tertiary/aromatic N) is 1. The van der Waals surface area contributed by atoms with E-state index in [9.17, 15) is 19.8 Å². The van der Waals surface area contributed by atoms with Gasteiger partial charge in [0.2, 0.25) is 11.8 Å². The summed E-state index contributed by atoms with van der Waals surface area (Å²) >= 11 is 0. The third-order valence-electron chi connectivity index (χ3n) is 8.95. The molecule has 8 nitrogen and oxygen atoms in total. The maximum Gasteiger partial charge on any atom is 0.328 e. The van der Waals surface area contributed by atoms with Crippen molar-refractivity contribution in [1.29, 1.82) is 0 Å². The van der Waals surface area contributed by atoms with Gasteiger partial charge in [-0.15, -0.1) is 0 Å². The van der Waals surface area contributed by atoms with Gasteiger partial charge < -0.3 is 20.8 Å². The van der Waals surface area contributed by atoms with Gasteiger partial charge >= 0.3 is 11.8 Å². The molecule has 0 spiro atoms. The predicted molar refractivity (Wildman–Crippen MR) is 154 cm³/mol. The van der Waals surface area contributed by atoms with Crippen LogP contribution in [0, 0.1) is 5.92 Å². The van der Waals surface area contributed by atoms with Gasteiger partial charge in [-0.2, -0.15) is 4.68 Å². The van der Waals surface area contributed by atoms with E-state index in [1.54, 1.807) is 0 Å². The summed E-state index contributed by atoms with van der Waals surface area (Å²) in [5.74, 6) is -2.10. The average molecular weight is 535 g/mol. The van der Waals surface area contributed by atoms with E-state index >= 15 is 0 Å². The zero-order valence-corrected chi connectivity index (χ0v) is 24.8. The van der Waals surface area contributed by atoms with Crippen molar-refractivity contribution in [2.45, 2.75) is 149 Å². The summed E-state index contributed by atoms with van der Waals surface area (Å²) in [5.41, 5.74) is 2.61. The summed E-state index contributed by atoms with van der Waals surface area (Å²) < 4.78 is 0.895. The van der Waals surface area contributed by atoms with Crippen molar-refractivity contribution in [2.75, 3.05) is 5.43 Å². The highest BCUT2D eigenvalue weighted by molar-refractivity contribution is 6.38. The molecular formula is C30H54N4O4. The molecule has 1 aromatic heterocycles. The second-order valence-corrected chi connectivity index (χ2v) is 11.9. The highest BCUT2D eigenvalue weighted by Gasteiger charge is 2.47. The molecule has 4 unspecified atom stereocenters. The fraction of sp³-hybridized carbons (Fsp3) is 0.800. The van der Waals surface area contributed by atoms with Crippen LogP contribution in [-0.2, 0) is 16.0 Å². The smallest absolute Gasteiger partial charge is 0.328 e. The Bertz CT molecular complexity index is 901. The minimum atomic E-state index is -0.918. The van der Waals surface area contributed by atoms with E-state index in [4.69, 9.17) is 0 Å². The lowest BCUT2D eigenvalue weighted by atomic mass is 9.69. The number of hydrogen-bond acceptors (Lipinski definition) is 5. The number of rotatable bonds is 15.